The quantitative estimate of drug-likeness (QED) is 0.306. The first-order valence-corrected chi connectivity index (χ1v) is 11.4. The van der Waals surface area contributed by atoms with Crippen molar-refractivity contribution in [2.45, 2.75) is 13.0 Å². The van der Waals surface area contributed by atoms with Crippen LogP contribution in [0.2, 0.25) is 0 Å². The Hall–Kier alpha value is -4.12. The highest BCUT2D eigenvalue weighted by Gasteiger charge is 2.23. The van der Waals surface area contributed by atoms with Crippen LogP contribution in [0.25, 0.3) is 10.8 Å². The molecule has 4 rings (SSSR count). The van der Waals surface area contributed by atoms with E-state index in [1.807, 2.05) is 78.9 Å². The SMILES string of the molecule is C=CCN(CC(=O)N(CCc1ccccc1)Cc1ccco1)C(=O)c1cccc2ccccc12. The van der Waals surface area contributed by atoms with Gasteiger partial charge >= 0.3 is 0 Å². The molecular formula is C29H28N2O3. The molecule has 34 heavy (non-hydrogen) atoms. The van der Waals surface area contributed by atoms with Gasteiger partial charge in [0, 0.05) is 18.7 Å². The van der Waals surface area contributed by atoms with Gasteiger partial charge in [0.25, 0.3) is 5.91 Å². The Morgan fingerprint density at radius 2 is 1.62 bits per heavy atom. The van der Waals surface area contributed by atoms with Gasteiger partial charge in [-0.05, 0) is 41.0 Å². The van der Waals surface area contributed by atoms with Crippen molar-refractivity contribution in [2.75, 3.05) is 19.6 Å². The summed E-state index contributed by atoms with van der Waals surface area (Å²) in [7, 11) is 0. The van der Waals surface area contributed by atoms with E-state index in [0.29, 0.717) is 30.8 Å². The second kappa shape index (κ2) is 11.1. The first-order chi connectivity index (χ1) is 16.7. The van der Waals surface area contributed by atoms with Gasteiger partial charge < -0.3 is 14.2 Å². The number of carbonyl (C=O) groups excluding carboxylic acids is 2. The lowest BCUT2D eigenvalue weighted by Crippen LogP contribution is -2.43. The summed E-state index contributed by atoms with van der Waals surface area (Å²) in [5.74, 6) is 0.380. The Labute approximate surface area is 199 Å². The Morgan fingerprint density at radius 1 is 0.853 bits per heavy atom. The summed E-state index contributed by atoms with van der Waals surface area (Å²) in [5.41, 5.74) is 1.73. The van der Waals surface area contributed by atoms with E-state index in [9.17, 15) is 9.59 Å². The Kier molecular flexibility index (Phi) is 7.56. The molecule has 1 heterocycles. The van der Waals surface area contributed by atoms with Gasteiger partial charge in [-0.3, -0.25) is 9.59 Å². The average molecular weight is 453 g/mol. The second-order valence-electron chi connectivity index (χ2n) is 8.13. The van der Waals surface area contributed by atoms with E-state index in [1.165, 1.54) is 0 Å². The van der Waals surface area contributed by atoms with Gasteiger partial charge in [-0.15, -0.1) is 6.58 Å². The van der Waals surface area contributed by atoms with E-state index in [4.69, 9.17) is 4.42 Å². The molecule has 2 amide bonds. The van der Waals surface area contributed by atoms with Gasteiger partial charge in [-0.1, -0.05) is 72.8 Å². The number of rotatable bonds is 10. The van der Waals surface area contributed by atoms with E-state index in [1.54, 1.807) is 28.2 Å². The zero-order valence-electron chi connectivity index (χ0n) is 19.1. The summed E-state index contributed by atoms with van der Waals surface area (Å²) in [4.78, 5) is 30.2. The third-order valence-corrected chi connectivity index (χ3v) is 5.78. The van der Waals surface area contributed by atoms with Crippen LogP contribution < -0.4 is 0 Å². The summed E-state index contributed by atoms with van der Waals surface area (Å²) < 4.78 is 5.49. The number of hydrogen-bond acceptors (Lipinski definition) is 3. The largest absolute Gasteiger partial charge is 0.467 e. The zero-order chi connectivity index (χ0) is 23.8. The minimum atomic E-state index is -0.189. The number of benzene rings is 3. The van der Waals surface area contributed by atoms with Crippen LogP contribution in [-0.2, 0) is 17.8 Å². The van der Waals surface area contributed by atoms with Gasteiger partial charge in [0.1, 0.15) is 12.3 Å². The van der Waals surface area contributed by atoms with E-state index >= 15 is 0 Å². The van der Waals surface area contributed by atoms with E-state index in [-0.39, 0.29) is 24.9 Å². The fraction of sp³-hybridized carbons (Fsp3) is 0.172. The highest BCUT2D eigenvalue weighted by atomic mass is 16.3. The van der Waals surface area contributed by atoms with Crippen molar-refractivity contribution < 1.29 is 14.0 Å². The molecule has 5 nitrogen and oxygen atoms in total. The Bertz CT molecular complexity index is 1240. The van der Waals surface area contributed by atoms with Crippen molar-refractivity contribution in [3.05, 3.63) is 121 Å². The second-order valence-corrected chi connectivity index (χ2v) is 8.13. The lowest BCUT2D eigenvalue weighted by Gasteiger charge is -2.27. The van der Waals surface area contributed by atoms with Crippen LogP contribution in [0.15, 0.2) is 108 Å². The minimum Gasteiger partial charge on any atom is -0.467 e. The first-order valence-electron chi connectivity index (χ1n) is 11.4. The molecular weight excluding hydrogens is 424 g/mol. The molecule has 0 bridgehead atoms. The van der Waals surface area contributed by atoms with Crippen LogP contribution in [0.4, 0.5) is 0 Å². The number of hydrogen-bond donors (Lipinski definition) is 0. The maximum Gasteiger partial charge on any atom is 0.255 e. The van der Waals surface area contributed by atoms with Gasteiger partial charge in [-0.25, -0.2) is 0 Å². The van der Waals surface area contributed by atoms with Crippen molar-refractivity contribution >= 4 is 22.6 Å². The monoisotopic (exact) mass is 452 g/mol. The Morgan fingerprint density at radius 3 is 2.38 bits per heavy atom. The molecule has 0 saturated heterocycles. The van der Waals surface area contributed by atoms with Crippen molar-refractivity contribution in [3.8, 4) is 0 Å². The van der Waals surface area contributed by atoms with Gasteiger partial charge in [0.2, 0.25) is 5.91 Å². The lowest BCUT2D eigenvalue weighted by atomic mass is 10.0. The van der Waals surface area contributed by atoms with E-state index < -0.39 is 0 Å². The van der Waals surface area contributed by atoms with Crippen LogP contribution in [0.3, 0.4) is 0 Å². The molecule has 1 aromatic heterocycles. The first kappa shape index (κ1) is 23.1. The smallest absolute Gasteiger partial charge is 0.255 e. The fourth-order valence-corrected chi connectivity index (χ4v) is 4.01. The number of nitrogens with zero attached hydrogens (tertiary/aromatic N) is 2. The highest BCUT2D eigenvalue weighted by Crippen LogP contribution is 2.20. The number of carbonyl (C=O) groups is 2. The summed E-state index contributed by atoms with van der Waals surface area (Å²) in [5, 5.41) is 1.86. The molecule has 0 radical (unpaired) electrons. The molecule has 0 spiro atoms. The normalized spacial score (nSPS) is 10.7. The van der Waals surface area contributed by atoms with Gasteiger partial charge in [0.15, 0.2) is 0 Å². The molecule has 0 aliphatic rings. The summed E-state index contributed by atoms with van der Waals surface area (Å²) in [6, 6.07) is 27.1. The van der Waals surface area contributed by atoms with Crippen molar-refractivity contribution in [3.63, 3.8) is 0 Å². The number of fused-ring (bicyclic) bond motifs is 1. The number of furan rings is 1. The maximum atomic E-state index is 13.5. The van der Waals surface area contributed by atoms with Crippen molar-refractivity contribution in [1.82, 2.24) is 9.80 Å². The molecule has 0 aliphatic heterocycles. The zero-order valence-corrected chi connectivity index (χ0v) is 19.1. The predicted octanol–water partition coefficient (Wildman–Crippen LogP) is 5.33. The molecule has 0 unspecified atom stereocenters. The van der Waals surface area contributed by atoms with Crippen LogP contribution in [0, 0.1) is 0 Å². The molecule has 0 N–H and O–H groups in total. The molecule has 0 aliphatic carbocycles. The molecule has 3 aromatic carbocycles. The topological polar surface area (TPSA) is 53.8 Å². The van der Waals surface area contributed by atoms with Gasteiger partial charge in [-0.2, -0.15) is 0 Å². The van der Waals surface area contributed by atoms with Crippen LogP contribution in [0.1, 0.15) is 21.7 Å². The average Bonchev–Trinajstić information content (AvgIpc) is 3.39. The van der Waals surface area contributed by atoms with Gasteiger partial charge in [0.05, 0.1) is 12.8 Å². The summed E-state index contributed by atoms with van der Waals surface area (Å²) >= 11 is 0. The van der Waals surface area contributed by atoms with E-state index in [0.717, 1.165) is 16.3 Å². The predicted molar refractivity (Wildman–Crippen MR) is 134 cm³/mol. The molecule has 5 heteroatoms. The van der Waals surface area contributed by atoms with Crippen molar-refractivity contribution in [2.24, 2.45) is 0 Å². The molecule has 0 saturated carbocycles. The lowest BCUT2D eigenvalue weighted by molar-refractivity contribution is -0.132. The van der Waals surface area contributed by atoms with Crippen LogP contribution >= 0.6 is 0 Å². The fourth-order valence-electron chi connectivity index (χ4n) is 4.01. The third kappa shape index (κ3) is 5.62. The molecule has 4 aromatic rings. The summed E-state index contributed by atoms with van der Waals surface area (Å²) in [6.07, 6.45) is 3.96. The molecule has 0 atom stereocenters. The standard InChI is InChI=1S/C29H28N2O3/c1-2-18-31(29(33)27-16-8-13-24-12-6-7-15-26(24)27)22-28(32)30(21-25-14-9-20-34-25)19-17-23-10-4-3-5-11-23/h2-16,20H,1,17-19,21-22H2. The van der Waals surface area contributed by atoms with Crippen molar-refractivity contribution in [1.29, 1.82) is 0 Å². The number of amides is 2. The molecule has 172 valence electrons. The molecule has 0 fully saturated rings. The highest BCUT2D eigenvalue weighted by molar-refractivity contribution is 6.07. The van der Waals surface area contributed by atoms with E-state index in [2.05, 4.69) is 6.58 Å². The summed E-state index contributed by atoms with van der Waals surface area (Å²) in [6.45, 7) is 4.91. The third-order valence-electron chi connectivity index (χ3n) is 5.78. The maximum absolute atomic E-state index is 13.5. The Balaban J connectivity index is 1.54. The minimum absolute atomic E-state index is 0.0381. The van der Waals surface area contributed by atoms with Crippen LogP contribution in [0.5, 0.6) is 0 Å². The van der Waals surface area contributed by atoms with Crippen LogP contribution in [-0.4, -0.2) is 41.2 Å².